The molecule has 1 aromatic carbocycles. The van der Waals surface area contributed by atoms with Gasteiger partial charge in [-0.1, -0.05) is 19.3 Å². The predicted molar refractivity (Wildman–Crippen MR) is 71.3 cm³/mol. The van der Waals surface area contributed by atoms with E-state index in [-0.39, 0.29) is 0 Å². The molecular formula is C14H19N3. The molecule has 0 aliphatic heterocycles. The number of anilines is 1. The summed E-state index contributed by atoms with van der Waals surface area (Å²) in [6.45, 7) is 1.99. The first-order chi connectivity index (χ1) is 8.31. The summed E-state index contributed by atoms with van der Waals surface area (Å²) in [5, 5.41) is 3.63. The SMILES string of the molecule is Cc1nc2ccc(NC3CCCCC3)cc2[nH]1. The third-order valence-corrected chi connectivity index (χ3v) is 3.58. The Morgan fingerprint density at radius 1 is 1.24 bits per heavy atom. The second-order valence-corrected chi connectivity index (χ2v) is 5.03. The normalized spacial score (nSPS) is 17.5. The van der Waals surface area contributed by atoms with Crippen LogP contribution in [0.3, 0.4) is 0 Å². The van der Waals surface area contributed by atoms with Gasteiger partial charge in [0.1, 0.15) is 5.82 Å². The smallest absolute Gasteiger partial charge is 0.104 e. The van der Waals surface area contributed by atoms with E-state index in [1.54, 1.807) is 0 Å². The highest BCUT2D eigenvalue weighted by Crippen LogP contribution is 2.23. The van der Waals surface area contributed by atoms with Crippen molar-refractivity contribution in [1.82, 2.24) is 9.97 Å². The molecule has 0 saturated heterocycles. The summed E-state index contributed by atoms with van der Waals surface area (Å²) in [6, 6.07) is 7.05. The van der Waals surface area contributed by atoms with Crippen molar-refractivity contribution in [3.63, 3.8) is 0 Å². The van der Waals surface area contributed by atoms with Crippen LogP contribution in [-0.2, 0) is 0 Å². The fraction of sp³-hybridized carbons (Fsp3) is 0.500. The summed E-state index contributed by atoms with van der Waals surface area (Å²) in [5.74, 6) is 0.981. The van der Waals surface area contributed by atoms with E-state index in [2.05, 4.69) is 33.5 Å². The van der Waals surface area contributed by atoms with Gasteiger partial charge in [-0.2, -0.15) is 0 Å². The van der Waals surface area contributed by atoms with Gasteiger partial charge in [-0.05, 0) is 38.0 Å². The Morgan fingerprint density at radius 2 is 2.06 bits per heavy atom. The number of aromatic nitrogens is 2. The Hall–Kier alpha value is -1.51. The fourth-order valence-electron chi connectivity index (χ4n) is 2.71. The minimum Gasteiger partial charge on any atom is -0.382 e. The number of benzene rings is 1. The molecule has 0 radical (unpaired) electrons. The lowest BCUT2D eigenvalue weighted by Crippen LogP contribution is -2.22. The van der Waals surface area contributed by atoms with Crippen molar-refractivity contribution >= 4 is 16.7 Å². The first-order valence-corrected chi connectivity index (χ1v) is 6.54. The lowest BCUT2D eigenvalue weighted by molar-refractivity contribution is 0.463. The number of nitrogens with one attached hydrogen (secondary N) is 2. The summed E-state index contributed by atoms with van der Waals surface area (Å²) in [5.41, 5.74) is 3.40. The van der Waals surface area contributed by atoms with Crippen LogP contribution >= 0.6 is 0 Å². The van der Waals surface area contributed by atoms with Gasteiger partial charge in [0.25, 0.3) is 0 Å². The Balaban J connectivity index is 1.79. The summed E-state index contributed by atoms with van der Waals surface area (Å²) in [4.78, 5) is 7.70. The molecule has 2 N–H and O–H groups in total. The molecular weight excluding hydrogens is 210 g/mol. The number of H-pyrrole nitrogens is 1. The maximum atomic E-state index is 4.42. The van der Waals surface area contributed by atoms with Crippen LogP contribution < -0.4 is 5.32 Å². The molecule has 0 amide bonds. The Bertz CT molecular complexity index is 509. The number of hydrogen-bond acceptors (Lipinski definition) is 2. The van der Waals surface area contributed by atoms with E-state index < -0.39 is 0 Å². The molecule has 1 saturated carbocycles. The largest absolute Gasteiger partial charge is 0.382 e. The molecule has 1 aromatic heterocycles. The Labute approximate surface area is 102 Å². The average molecular weight is 229 g/mol. The second-order valence-electron chi connectivity index (χ2n) is 5.03. The molecule has 1 aliphatic carbocycles. The summed E-state index contributed by atoms with van der Waals surface area (Å²) >= 11 is 0. The van der Waals surface area contributed by atoms with Crippen LogP contribution in [0, 0.1) is 6.92 Å². The zero-order valence-corrected chi connectivity index (χ0v) is 10.3. The van der Waals surface area contributed by atoms with Crippen molar-refractivity contribution in [3.8, 4) is 0 Å². The van der Waals surface area contributed by atoms with Crippen LogP contribution in [0.5, 0.6) is 0 Å². The third-order valence-electron chi connectivity index (χ3n) is 3.58. The minimum absolute atomic E-state index is 0.658. The van der Waals surface area contributed by atoms with E-state index in [0.29, 0.717) is 6.04 Å². The van der Waals surface area contributed by atoms with Gasteiger partial charge >= 0.3 is 0 Å². The summed E-state index contributed by atoms with van der Waals surface area (Å²) in [6.07, 6.45) is 6.74. The van der Waals surface area contributed by atoms with Crippen molar-refractivity contribution in [2.24, 2.45) is 0 Å². The molecule has 1 fully saturated rings. The minimum atomic E-state index is 0.658. The van der Waals surface area contributed by atoms with Gasteiger partial charge in [0.15, 0.2) is 0 Å². The second kappa shape index (κ2) is 4.40. The van der Waals surface area contributed by atoms with Gasteiger partial charge in [-0.15, -0.1) is 0 Å². The van der Waals surface area contributed by atoms with E-state index >= 15 is 0 Å². The van der Waals surface area contributed by atoms with E-state index in [1.807, 2.05) is 6.92 Å². The fourth-order valence-corrected chi connectivity index (χ4v) is 2.71. The van der Waals surface area contributed by atoms with Crippen molar-refractivity contribution in [2.45, 2.75) is 45.1 Å². The van der Waals surface area contributed by atoms with Gasteiger partial charge in [0.2, 0.25) is 0 Å². The number of hydrogen-bond donors (Lipinski definition) is 2. The topological polar surface area (TPSA) is 40.7 Å². The lowest BCUT2D eigenvalue weighted by Gasteiger charge is -2.23. The molecule has 0 spiro atoms. The Kier molecular flexibility index (Phi) is 2.75. The number of aromatic amines is 1. The van der Waals surface area contributed by atoms with Gasteiger partial charge in [-0.3, -0.25) is 0 Å². The van der Waals surface area contributed by atoms with Crippen LogP contribution in [0.25, 0.3) is 11.0 Å². The van der Waals surface area contributed by atoms with Crippen molar-refractivity contribution in [3.05, 3.63) is 24.0 Å². The highest BCUT2D eigenvalue weighted by molar-refractivity contribution is 5.79. The molecule has 3 nitrogen and oxygen atoms in total. The first kappa shape index (κ1) is 10.6. The molecule has 90 valence electrons. The van der Waals surface area contributed by atoms with E-state index in [1.165, 1.54) is 37.8 Å². The van der Waals surface area contributed by atoms with Crippen LogP contribution in [0.1, 0.15) is 37.9 Å². The highest BCUT2D eigenvalue weighted by atomic mass is 14.9. The first-order valence-electron chi connectivity index (χ1n) is 6.54. The number of rotatable bonds is 2. The lowest BCUT2D eigenvalue weighted by atomic mass is 9.95. The Morgan fingerprint density at radius 3 is 2.88 bits per heavy atom. The molecule has 1 aliphatic rings. The third kappa shape index (κ3) is 2.28. The van der Waals surface area contributed by atoms with Gasteiger partial charge in [0, 0.05) is 11.7 Å². The number of imidazole rings is 1. The van der Waals surface area contributed by atoms with Crippen LogP contribution in [0.2, 0.25) is 0 Å². The molecule has 0 unspecified atom stereocenters. The van der Waals surface area contributed by atoms with E-state index in [4.69, 9.17) is 0 Å². The van der Waals surface area contributed by atoms with Crippen molar-refractivity contribution < 1.29 is 0 Å². The molecule has 0 bridgehead atoms. The van der Waals surface area contributed by atoms with Gasteiger partial charge < -0.3 is 10.3 Å². The highest BCUT2D eigenvalue weighted by Gasteiger charge is 2.13. The van der Waals surface area contributed by atoms with Crippen LogP contribution in [-0.4, -0.2) is 16.0 Å². The maximum Gasteiger partial charge on any atom is 0.104 e. The predicted octanol–water partition coefficient (Wildman–Crippen LogP) is 3.62. The number of nitrogens with zero attached hydrogens (tertiary/aromatic N) is 1. The summed E-state index contributed by atoms with van der Waals surface area (Å²) < 4.78 is 0. The molecule has 2 aromatic rings. The maximum absolute atomic E-state index is 4.42. The zero-order chi connectivity index (χ0) is 11.7. The molecule has 0 atom stereocenters. The monoisotopic (exact) mass is 229 g/mol. The van der Waals surface area contributed by atoms with Gasteiger partial charge in [0.05, 0.1) is 11.0 Å². The summed E-state index contributed by atoms with van der Waals surface area (Å²) in [7, 11) is 0. The number of aryl methyl sites for hydroxylation is 1. The van der Waals surface area contributed by atoms with Crippen molar-refractivity contribution in [2.75, 3.05) is 5.32 Å². The van der Waals surface area contributed by atoms with Crippen molar-refractivity contribution in [1.29, 1.82) is 0 Å². The van der Waals surface area contributed by atoms with Crippen LogP contribution in [0.15, 0.2) is 18.2 Å². The van der Waals surface area contributed by atoms with E-state index in [0.717, 1.165) is 16.9 Å². The molecule has 1 heterocycles. The molecule has 3 rings (SSSR count). The van der Waals surface area contributed by atoms with E-state index in [9.17, 15) is 0 Å². The zero-order valence-electron chi connectivity index (χ0n) is 10.3. The van der Waals surface area contributed by atoms with Gasteiger partial charge in [-0.25, -0.2) is 4.98 Å². The quantitative estimate of drug-likeness (QED) is 0.825. The standard InChI is InChI=1S/C14H19N3/c1-10-15-13-8-7-12(9-14(13)16-10)17-11-5-3-2-4-6-11/h7-9,11,17H,2-6H2,1H3,(H,15,16). The number of fused-ring (bicyclic) bond motifs is 1. The molecule has 3 heteroatoms. The van der Waals surface area contributed by atoms with Crippen LogP contribution in [0.4, 0.5) is 5.69 Å². The molecule has 17 heavy (non-hydrogen) atoms. The average Bonchev–Trinajstić information content (AvgIpc) is 2.70.